The van der Waals surface area contributed by atoms with E-state index in [9.17, 15) is 9.59 Å². The van der Waals surface area contributed by atoms with Gasteiger partial charge >= 0.3 is 5.63 Å². The van der Waals surface area contributed by atoms with Gasteiger partial charge in [-0.2, -0.15) is 0 Å². The third kappa shape index (κ3) is 11.2. The molecule has 4 nitrogen and oxygen atoms in total. The smallest absolute Gasteiger partial charge is 0.335 e. The average Bonchev–Trinajstić information content (AvgIpc) is 2.56. The zero-order chi connectivity index (χ0) is 17.5. The topological polar surface area (TPSA) is 67.5 Å². The van der Waals surface area contributed by atoms with Crippen molar-refractivity contribution < 1.29 is 14.3 Å². The normalized spacial score (nSPS) is 10.9. The monoisotopic (exact) mass is 336 g/mol. The van der Waals surface area contributed by atoms with E-state index in [0.717, 1.165) is 25.7 Å². The van der Waals surface area contributed by atoms with E-state index in [1.165, 1.54) is 51.0 Å². The molecule has 1 heterocycles. The molecular formula is C20H32O4. The summed E-state index contributed by atoms with van der Waals surface area (Å²) in [6.45, 7) is 0.322. The molecule has 0 bridgehead atoms. The number of Topliss-reactive ketones (excluding diaryl/α,β-unsaturated/α-hetero) is 1. The second-order valence-corrected chi connectivity index (χ2v) is 6.49. The molecule has 136 valence electrons. The van der Waals surface area contributed by atoms with Crippen LogP contribution in [0.2, 0.25) is 0 Å². The Morgan fingerprint density at radius 1 is 0.833 bits per heavy atom. The Bertz CT molecular complexity index is 492. The van der Waals surface area contributed by atoms with Crippen molar-refractivity contribution in [2.24, 2.45) is 0 Å². The summed E-state index contributed by atoms with van der Waals surface area (Å²) in [5, 5.41) is 8.69. The van der Waals surface area contributed by atoms with Gasteiger partial charge in [0, 0.05) is 19.1 Å². The SMILES string of the molecule is O=C(CCCCCCCCCCCCCO)Cc1cccc(=O)o1. The lowest BCUT2D eigenvalue weighted by molar-refractivity contribution is -0.118. The fraction of sp³-hybridized carbons (Fsp3) is 0.700. The van der Waals surface area contributed by atoms with Gasteiger partial charge in [-0.25, -0.2) is 4.79 Å². The molecule has 1 aromatic heterocycles. The van der Waals surface area contributed by atoms with Crippen LogP contribution < -0.4 is 5.63 Å². The quantitative estimate of drug-likeness (QED) is 0.481. The third-order valence-electron chi connectivity index (χ3n) is 4.23. The average molecular weight is 336 g/mol. The van der Waals surface area contributed by atoms with Gasteiger partial charge in [0.15, 0.2) is 0 Å². The zero-order valence-corrected chi connectivity index (χ0v) is 14.8. The van der Waals surface area contributed by atoms with Crippen molar-refractivity contribution >= 4 is 5.78 Å². The van der Waals surface area contributed by atoms with Gasteiger partial charge in [0.1, 0.15) is 11.5 Å². The molecule has 1 rings (SSSR count). The van der Waals surface area contributed by atoms with E-state index in [2.05, 4.69) is 0 Å². The van der Waals surface area contributed by atoms with Gasteiger partial charge in [-0.05, 0) is 18.9 Å². The molecule has 0 aliphatic rings. The van der Waals surface area contributed by atoms with Crippen molar-refractivity contribution in [1.82, 2.24) is 0 Å². The predicted molar refractivity (Wildman–Crippen MR) is 96.2 cm³/mol. The van der Waals surface area contributed by atoms with Crippen LogP contribution in [0.4, 0.5) is 0 Å². The van der Waals surface area contributed by atoms with Crippen LogP contribution in [0.3, 0.4) is 0 Å². The van der Waals surface area contributed by atoms with E-state index < -0.39 is 5.63 Å². The van der Waals surface area contributed by atoms with Crippen molar-refractivity contribution in [3.05, 3.63) is 34.4 Å². The second kappa shape index (κ2) is 14.0. The summed E-state index contributed by atoms with van der Waals surface area (Å²) in [7, 11) is 0. The van der Waals surface area contributed by atoms with Crippen molar-refractivity contribution in [3.8, 4) is 0 Å². The number of hydrogen-bond acceptors (Lipinski definition) is 4. The predicted octanol–water partition coefficient (Wildman–Crippen LogP) is 4.42. The Morgan fingerprint density at radius 2 is 1.38 bits per heavy atom. The number of aliphatic hydroxyl groups is 1. The van der Waals surface area contributed by atoms with Crippen LogP contribution in [-0.2, 0) is 11.2 Å². The number of carbonyl (C=O) groups excluding carboxylic acids is 1. The van der Waals surface area contributed by atoms with Gasteiger partial charge in [0.2, 0.25) is 0 Å². The molecule has 0 aliphatic carbocycles. The molecule has 0 saturated carbocycles. The van der Waals surface area contributed by atoms with Crippen molar-refractivity contribution in [2.45, 2.75) is 83.5 Å². The standard InChI is InChI=1S/C20H32O4/c21-16-11-9-7-5-3-1-2-4-6-8-10-13-18(22)17-19-14-12-15-20(23)24-19/h12,14-15,21H,1-11,13,16-17H2. The van der Waals surface area contributed by atoms with Crippen LogP contribution in [0.1, 0.15) is 82.8 Å². The first kappa shape index (κ1) is 20.6. The minimum atomic E-state index is -0.395. The highest BCUT2D eigenvalue weighted by Crippen LogP contribution is 2.12. The number of carbonyl (C=O) groups is 1. The van der Waals surface area contributed by atoms with Gasteiger partial charge in [-0.3, -0.25) is 4.79 Å². The highest BCUT2D eigenvalue weighted by atomic mass is 16.4. The Morgan fingerprint density at radius 3 is 1.92 bits per heavy atom. The van der Waals surface area contributed by atoms with Crippen LogP contribution >= 0.6 is 0 Å². The van der Waals surface area contributed by atoms with Crippen molar-refractivity contribution in [1.29, 1.82) is 0 Å². The maximum absolute atomic E-state index is 11.8. The molecule has 4 heteroatoms. The van der Waals surface area contributed by atoms with Crippen LogP contribution in [0, 0.1) is 0 Å². The summed E-state index contributed by atoms with van der Waals surface area (Å²) in [6.07, 6.45) is 13.8. The molecule has 0 aliphatic heterocycles. The van der Waals surface area contributed by atoms with E-state index in [1.807, 2.05) is 0 Å². The molecule has 0 saturated heterocycles. The number of unbranched alkanes of at least 4 members (excludes halogenated alkanes) is 10. The number of hydrogen-bond donors (Lipinski definition) is 1. The van der Waals surface area contributed by atoms with E-state index in [4.69, 9.17) is 9.52 Å². The first-order valence-electron chi connectivity index (χ1n) is 9.44. The summed E-state index contributed by atoms with van der Waals surface area (Å²) >= 11 is 0. The molecule has 24 heavy (non-hydrogen) atoms. The zero-order valence-electron chi connectivity index (χ0n) is 14.8. The summed E-state index contributed by atoms with van der Waals surface area (Å²) in [5.74, 6) is 0.610. The summed E-state index contributed by atoms with van der Waals surface area (Å²) < 4.78 is 4.97. The van der Waals surface area contributed by atoms with Gasteiger partial charge in [-0.1, -0.05) is 63.9 Å². The Balaban J connectivity index is 1.89. The lowest BCUT2D eigenvalue weighted by Crippen LogP contribution is -2.05. The highest BCUT2D eigenvalue weighted by Gasteiger charge is 2.05. The van der Waals surface area contributed by atoms with Gasteiger partial charge < -0.3 is 9.52 Å². The molecular weight excluding hydrogens is 304 g/mol. The minimum Gasteiger partial charge on any atom is -0.427 e. The Kier molecular flexibility index (Phi) is 12.0. The van der Waals surface area contributed by atoms with Gasteiger partial charge in [0.05, 0.1) is 6.42 Å². The number of rotatable bonds is 15. The molecule has 0 spiro atoms. The summed E-state index contributed by atoms with van der Waals surface area (Å²) in [4.78, 5) is 22.9. The lowest BCUT2D eigenvalue weighted by atomic mass is 10.0. The van der Waals surface area contributed by atoms with E-state index >= 15 is 0 Å². The van der Waals surface area contributed by atoms with Crippen LogP contribution in [0.5, 0.6) is 0 Å². The lowest BCUT2D eigenvalue weighted by Gasteiger charge is -2.03. The van der Waals surface area contributed by atoms with Gasteiger partial charge in [0.25, 0.3) is 0 Å². The van der Waals surface area contributed by atoms with E-state index in [0.29, 0.717) is 18.8 Å². The second-order valence-electron chi connectivity index (χ2n) is 6.49. The minimum absolute atomic E-state index is 0.146. The fourth-order valence-electron chi connectivity index (χ4n) is 2.83. The molecule has 0 amide bonds. The van der Waals surface area contributed by atoms with Crippen LogP contribution in [0.25, 0.3) is 0 Å². The molecule has 0 atom stereocenters. The number of aliphatic hydroxyl groups excluding tert-OH is 1. The maximum atomic E-state index is 11.8. The molecule has 1 aromatic rings. The summed E-state index contributed by atoms with van der Waals surface area (Å²) in [6, 6.07) is 4.66. The van der Waals surface area contributed by atoms with Crippen molar-refractivity contribution in [3.63, 3.8) is 0 Å². The molecule has 0 radical (unpaired) electrons. The largest absolute Gasteiger partial charge is 0.427 e. The van der Waals surface area contributed by atoms with Crippen LogP contribution in [0.15, 0.2) is 27.4 Å². The van der Waals surface area contributed by atoms with Gasteiger partial charge in [-0.15, -0.1) is 0 Å². The maximum Gasteiger partial charge on any atom is 0.335 e. The third-order valence-corrected chi connectivity index (χ3v) is 4.23. The van der Waals surface area contributed by atoms with E-state index in [1.54, 1.807) is 12.1 Å². The molecule has 0 aromatic carbocycles. The van der Waals surface area contributed by atoms with Crippen molar-refractivity contribution in [2.75, 3.05) is 6.61 Å². The first-order valence-corrected chi connectivity index (χ1v) is 9.44. The molecule has 0 fully saturated rings. The van der Waals surface area contributed by atoms with Crippen LogP contribution in [-0.4, -0.2) is 17.5 Å². The fourth-order valence-corrected chi connectivity index (χ4v) is 2.83. The Labute approximate surface area is 145 Å². The summed E-state index contributed by atoms with van der Waals surface area (Å²) in [5.41, 5.74) is -0.395. The van der Waals surface area contributed by atoms with E-state index in [-0.39, 0.29) is 12.2 Å². The first-order chi connectivity index (χ1) is 11.7. The number of ketones is 1. The molecule has 1 N–H and O–H groups in total. The molecule has 0 unspecified atom stereocenters. The highest BCUT2D eigenvalue weighted by molar-refractivity contribution is 5.80. The Hall–Kier alpha value is -1.42.